The molecule has 3 aromatic rings. The molecule has 0 saturated heterocycles. The van der Waals surface area contributed by atoms with Gasteiger partial charge in [0.05, 0.1) is 13.2 Å². The highest BCUT2D eigenvalue weighted by atomic mass is 35.5. The Labute approximate surface area is 240 Å². The van der Waals surface area contributed by atoms with E-state index in [1.54, 1.807) is 13.0 Å². The van der Waals surface area contributed by atoms with Crippen LogP contribution in [-0.4, -0.2) is 41.8 Å². The Kier molecular flexibility index (Phi) is 12.1. The molecule has 0 bridgehead atoms. The van der Waals surface area contributed by atoms with Crippen LogP contribution in [0.25, 0.3) is 0 Å². The zero-order valence-electron chi connectivity index (χ0n) is 23.0. The summed E-state index contributed by atoms with van der Waals surface area (Å²) < 4.78 is 5.45. The van der Waals surface area contributed by atoms with Crippen molar-refractivity contribution in [3.8, 4) is 5.75 Å². The van der Waals surface area contributed by atoms with Crippen LogP contribution in [0.4, 0.5) is 0 Å². The number of nitrogens with zero attached hydrogens (tertiary/aromatic N) is 1. The van der Waals surface area contributed by atoms with E-state index in [1.165, 1.54) is 5.01 Å². The van der Waals surface area contributed by atoms with Gasteiger partial charge in [0, 0.05) is 37.4 Å². The van der Waals surface area contributed by atoms with E-state index in [-0.39, 0.29) is 49.9 Å². The van der Waals surface area contributed by atoms with Gasteiger partial charge in [-0.3, -0.25) is 19.4 Å². The predicted molar refractivity (Wildman–Crippen MR) is 157 cm³/mol. The summed E-state index contributed by atoms with van der Waals surface area (Å²) in [6.45, 7) is 4.63. The first-order valence-corrected chi connectivity index (χ1v) is 13.8. The average molecular weight is 565 g/mol. The number of hydrogen-bond acceptors (Lipinski definition) is 6. The molecule has 1 atom stereocenters. The minimum Gasteiger partial charge on any atom is -0.494 e. The second-order valence-corrected chi connectivity index (χ2v) is 9.71. The topological polar surface area (TPSA) is 114 Å². The van der Waals surface area contributed by atoms with Gasteiger partial charge in [0.1, 0.15) is 11.8 Å². The molecular formula is C31H37ClN4O4. The van der Waals surface area contributed by atoms with E-state index in [2.05, 4.69) is 10.7 Å². The monoisotopic (exact) mass is 564 g/mol. The highest BCUT2D eigenvalue weighted by molar-refractivity contribution is 6.31. The fraction of sp³-hybridized carbons (Fsp3) is 0.323. The fourth-order valence-electron chi connectivity index (χ4n) is 4.18. The van der Waals surface area contributed by atoms with E-state index in [4.69, 9.17) is 22.1 Å². The highest BCUT2D eigenvalue weighted by Crippen LogP contribution is 2.18. The third kappa shape index (κ3) is 9.19. The van der Waals surface area contributed by atoms with Crippen LogP contribution in [0.5, 0.6) is 5.75 Å². The van der Waals surface area contributed by atoms with Crippen molar-refractivity contribution in [2.75, 3.05) is 13.2 Å². The van der Waals surface area contributed by atoms with E-state index < -0.39 is 6.04 Å². The van der Waals surface area contributed by atoms with E-state index in [0.29, 0.717) is 18.2 Å². The third-order valence-corrected chi connectivity index (χ3v) is 6.70. The van der Waals surface area contributed by atoms with Gasteiger partial charge in [0.2, 0.25) is 11.8 Å². The van der Waals surface area contributed by atoms with Crippen LogP contribution in [0.1, 0.15) is 42.5 Å². The molecule has 0 unspecified atom stereocenters. The quantitative estimate of drug-likeness (QED) is 0.241. The van der Waals surface area contributed by atoms with Gasteiger partial charge >= 0.3 is 0 Å². The molecule has 0 aliphatic heterocycles. The predicted octanol–water partition coefficient (Wildman–Crippen LogP) is 3.98. The summed E-state index contributed by atoms with van der Waals surface area (Å²) in [5, 5.41) is 4.71. The van der Waals surface area contributed by atoms with Gasteiger partial charge < -0.3 is 15.8 Å². The van der Waals surface area contributed by atoms with Crippen LogP contribution in [0.2, 0.25) is 5.02 Å². The number of carbonyl (C=O) groups is 3. The van der Waals surface area contributed by atoms with Crippen molar-refractivity contribution < 1.29 is 19.1 Å². The molecule has 0 spiro atoms. The van der Waals surface area contributed by atoms with E-state index >= 15 is 0 Å². The highest BCUT2D eigenvalue weighted by Gasteiger charge is 2.30. The maximum absolute atomic E-state index is 13.5. The molecule has 0 fully saturated rings. The molecule has 0 heterocycles. The number of hydrogen-bond donors (Lipinski definition) is 3. The van der Waals surface area contributed by atoms with Crippen molar-refractivity contribution in [1.29, 1.82) is 0 Å². The Bertz CT molecular complexity index is 1270. The number of nitrogens with two attached hydrogens (primary N) is 1. The van der Waals surface area contributed by atoms with Gasteiger partial charge in [0.25, 0.3) is 0 Å². The minimum atomic E-state index is -0.893. The first-order chi connectivity index (χ1) is 19.3. The normalized spacial score (nSPS) is 11.5. The Morgan fingerprint density at radius 2 is 1.65 bits per heavy atom. The molecule has 0 aliphatic carbocycles. The molecule has 3 aromatic carbocycles. The van der Waals surface area contributed by atoms with Crippen LogP contribution < -0.4 is 21.2 Å². The largest absolute Gasteiger partial charge is 0.494 e. The number of ether oxygens (including phenoxy) is 1. The summed E-state index contributed by atoms with van der Waals surface area (Å²) in [6.07, 6.45) is 0.601. The Morgan fingerprint density at radius 1 is 0.950 bits per heavy atom. The number of rotatable bonds is 15. The molecule has 0 aromatic heterocycles. The summed E-state index contributed by atoms with van der Waals surface area (Å²) in [5.41, 5.74) is 12.0. The van der Waals surface area contributed by atoms with Gasteiger partial charge in [-0.1, -0.05) is 73.1 Å². The second-order valence-electron chi connectivity index (χ2n) is 9.30. The molecule has 2 amide bonds. The van der Waals surface area contributed by atoms with Crippen LogP contribution in [0, 0.1) is 0 Å². The van der Waals surface area contributed by atoms with E-state index in [9.17, 15) is 14.4 Å². The molecule has 0 saturated carbocycles. The van der Waals surface area contributed by atoms with Gasteiger partial charge in [-0.15, -0.1) is 0 Å². The lowest BCUT2D eigenvalue weighted by Gasteiger charge is -2.31. The number of amides is 2. The fourth-order valence-corrected chi connectivity index (χ4v) is 4.45. The lowest BCUT2D eigenvalue weighted by Crippen LogP contribution is -2.57. The molecule has 40 heavy (non-hydrogen) atoms. The van der Waals surface area contributed by atoms with Crippen molar-refractivity contribution in [3.63, 3.8) is 0 Å². The van der Waals surface area contributed by atoms with Gasteiger partial charge in [-0.2, -0.15) is 0 Å². The van der Waals surface area contributed by atoms with E-state index in [1.807, 2.05) is 73.7 Å². The van der Waals surface area contributed by atoms with Crippen LogP contribution >= 0.6 is 11.6 Å². The molecule has 212 valence electrons. The summed E-state index contributed by atoms with van der Waals surface area (Å²) in [4.78, 5) is 39.4. The van der Waals surface area contributed by atoms with Gasteiger partial charge in [0.15, 0.2) is 5.78 Å². The van der Waals surface area contributed by atoms with Crippen LogP contribution in [0.15, 0.2) is 72.8 Å². The van der Waals surface area contributed by atoms with Crippen molar-refractivity contribution in [3.05, 3.63) is 100 Å². The van der Waals surface area contributed by atoms with Crippen molar-refractivity contribution >= 4 is 29.2 Å². The Balaban J connectivity index is 1.74. The van der Waals surface area contributed by atoms with Crippen molar-refractivity contribution in [1.82, 2.24) is 15.8 Å². The number of hydrazine groups is 1. The Hall–Kier alpha value is -3.72. The number of nitrogens with one attached hydrogen (secondary N) is 2. The average Bonchev–Trinajstić information content (AvgIpc) is 2.97. The molecule has 0 radical (unpaired) electrons. The zero-order chi connectivity index (χ0) is 28.9. The van der Waals surface area contributed by atoms with Crippen LogP contribution in [-0.2, 0) is 40.3 Å². The van der Waals surface area contributed by atoms with Gasteiger partial charge in [-0.05, 0) is 47.4 Å². The molecule has 8 nitrogen and oxygen atoms in total. The lowest BCUT2D eigenvalue weighted by atomic mass is 10.0. The summed E-state index contributed by atoms with van der Waals surface area (Å²) in [7, 11) is 0. The first kappa shape index (κ1) is 30.8. The Morgan fingerprint density at radius 3 is 2.27 bits per heavy atom. The summed E-state index contributed by atoms with van der Waals surface area (Å²) in [6, 6.07) is 21.3. The smallest absolute Gasteiger partial charge is 0.245 e. The molecular weight excluding hydrogens is 528 g/mol. The first-order valence-electron chi connectivity index (χ1n) is 13.4. The number of Topliss-reactive ketones (excluding diaryl/α,β-unsaturated/α-hetero) is 1. The maximum Gasteiger partial charge on any atom is 0.245 e. The van der Waals surface area contributed by atoms with E-state index in [0.717, 1.165) is 28.0 Å². The van der Waals surface area contributed by atoms with Crippen molar-refractivity contribution in [2.45, 2.75) is 52.2 Å². The SMILES string of the molecule is CCOc1ccc(CC(=O)CNN(C(=O)CC)[C@@H](Cc2ccccc2)C(=O)NCc2ccc(CN)cc2Cl)cc1. The molecule has 9 heteroatoms. The molecule has 3 rings (SSSR count). The number of benzene rings is 3. The zero-order valence-corrected chi connectivity index (χ0v) is 23.7. The number of carbonyl (C=O) groups excluding carboxylic acids is 3. The van der Waals surface area contributed by atoms with Gasteiger partial charge in [-0.25, -0.2) is 5.43 Å². The maximum atomic E-state index is 13.5. The van der Waals surface area contributed by atoms with Crippen LogP contribution in [0.3, 0.4) is 0 Å². The molecule has 0 aliphatic rings. The minimum absolute atomic E-state index is 0.107. The second kappa shape index (κ2) is 15.8. The number of ketones is 1. The summed E-state index contributed by atoms with van der Waals surface area (Å²) in [5.74, 6) is -0.0435. The lowest BCUT2D eigenvalue weighted by molar-refractivity contribution is -0.144. The number of halogens is 1. The third-order valence-electron chi connectivity index (χ3n) is 6.35. The van der Waals surface area contributed by atoms with Crippen molar-refractivity contribution in [2.24, 2.45) is 5.73 Å². The summed E-state index contributed by atoms with van der Waals surface area (Å²) >= 11 is 6.38. The standard InChI is InChI=1S/C31H37ClN4O4/c1-3-30(38)36(35-21-26(37)16-23-11-14-27(15-12-23)40-4-2)29(18-22-8-6-5-7-9-22)31(39)34-20-25-13-10-24(19-33)17-28(25)32/h5-15,17,29,35H,3-4,16,18-21,33H2,1-2H3,(H,34,39)/t29-/m0/s1. The molecule has 4 N–H and O–H groups in total.